The van der Waals surface area contributed by atoms with Gasteiger partial charge in [0.25, 0.3) is 5.91 Å². The third-order valence-corrected chi connectivity index (χ3v) is 6.21. The summed E-state index contributed by atoms with van der Waals surface area (Å²) in [6.45, 7) is 0.397. The van der Waals surface area contributed by atoms with Gasteiger partial charge in [-0.25, -0.2) is 14.8 Å². The fraction of sp³-hybridized carbons (Fsp3) is 0.138. The summed E-state index contributed by atoms with van der Waals surface area (Å²) in [5.74, 6) is 0.0923. The number of hydrogen-bond acceptors (Lipinski definition) is 8. The summed E-state index contributed by atoms with van der Waals surface area (Å²) in [6.07, 6.45) is 2.20. The highest BCUT2D eigenvalue weighted by atomic mass is 16.5. The third kappa shape index (κ3) is 5.26. The number of anilines is 1. The Kier molecular flexibility index (Phi) is 7.17. The second kappa shape index (κ2) is 11.0. The molecule has 0 unspecified atom stereocenters. The number of nitrogen functional groups attached to an aromatic ring is 1. The molecule has 10 nitrogen and oxygen atoms in total. The lowest BCUT2D eigenvalue weighted by molar-refractivity contribution is 0.0600. The van der Waals surface area contributed by atoms with Crippen molar-refractivity contribution in [3.63, 3.8) is 0 Å². The topological polar surface area (TPSA) is 134 Å². The first-order chi connectivity index (χ1) is 19.0. The largest absolute Gasteiger partial charge is 0.497 e. The van der Waals surface area contributed by atoms with Crippen LogP contribution in [-0.4, -0.2) is 53.5 Å². The van der Waals surface area contributed by atoms with E-state index in [1.165, 1.54) is 11.8 Å². The summed E-state index contributed by atoms with van der Waals surface area (Å²) >= 11 is 0. The summed E-state index contributed by atoms with van der Waals surface area (Å²) in [5.41, 5.74) is 10.9. The average molecular weight is 523 g/mol. The van der Waals surface area contributed by atoms with Gasteiger partial charge >= 0.3 is 5.97 Å². The highest BCUT2D eigenvalue weighted by Crippen LogP contribution is 2.28. The van der Waals surface area contributed by atoms with Crippen LogP contribution in [-0.2, 0) is 11.2 Å². The number of hydrogen-bond donors (Lipinski definition) is 2. The summed E-state index contributed by atoms with van der Waals surface area (Å²) < 4.78 is 11.3. The van der Waals surface area contributed by atoms with Crippen molar-refractivity contribution in [3.05, 3.63) is 95.1 Å². The predicted molar refractivity (Wildman–Crippen MR) is 149 cm³/mol. The fourth-order valence-electron chi connectivity index (χ4n) is 4.14. The Morgan fingerprint density at radius 2 is 1.67 bits per heavy atom. The zero-order chi connectivity index (χ0) is 27.4. The van der Waals surface area contributed by atoms with Gasteiger partial charge in [0.1, 0.15) is 22.6 Å². The van der Waals surface area contributed by atoms with E-state index in [4.69, 9.17) is 25.2 Å². The molecular weight excluding hydrogens is 496 g/mol. The number of carbonyl (C=O) groups excluding carboxylic acids is 2. The normalized spacial score (nSPS) is 11.2. The zero-order valence-electron chi connectivity index (χ0n) is 21.4. The first-order valence-corrected chi connectivity index (χ1v) is 12.2. The van der Waals surface area contributed by atoms with E-state index in [1.807, 2.05) is 48.5 Å². The SMILES string of the molecule is COC(=O)c1ccc(C=Nn2c(N)c(C(=O)NCCc3ccc(OC)cc3)c3nc4ccccc4nc32)cc1. The molecule has 10 heteroatoms. The van der Waals surface area contributed by atoms with Crippen molar-refractivity contribution in [1.82, 2.24) is 20.0 Å². The van der Waals surface area contributed by atoms with E-state index in [2.05, 4.69) is 10.4 Å². The van der Waals surface area contributed by atoms with Gasteiger partial charge in [-0.15, -0.1) is 0 Å². The first-order valence-electron chi connectivity index (χ1n) is 12.2. The van der Waals surface area contributed by atoms with Crippen LogP contribution in [0.25, 0.3) is 22.2 Å². The van der Waals surface area contributed by atoms with Gasteiger partial charge in [0.15, 0.2) is 5.65 Å². The highest BCUT2D eigenvalue weighted by molar-refractivity contribution is 6.10. The van der Waals surface area contributed by atoms with E-state index in [0.717, 1.165) is 11.3 Å². The van der Waals surface area contributed by atoms with Crippen LogP contribution in [0, 0.1) is 0 Å². The Hall–Kier alpha value is -5.25. The summed E-state index contributed by atoms with van der Waals surface area (Å²) in [5, 5.41) is 7.45. The van der Waals surface area contributed by atoms with Crippen LogP contribution >= 0.6 is 0 Å². The lowest BCUT2D eigenvalue weighted by Crippen LogP contribution is -2.26. The molecule has 0 radical (unpaired) electrons. The Bertz CT molecular complexity index is 1690. The number of esters is 1. The number of aromatic nitrogens is 3. The third-order valence-electron chi connectivity index (χ3n) is 6.21. The van der Waals surface area contributed by atoms with E-state index in [1.54, 1.807) is 37.6 Å². The highest BCUT2D eigenvalue weighted by Gasteiger charge is 2.24. The predicted octanol–water partition coefficient (Wildman–Crippen LogP) is 3.82. The van der Waals surface area contributed by atoms with Crippen LogP contribution in [0.2, 0.25) is 0 Å². The summed E-state index contributed by atoms with van der Waals surface area (Å²) in [6, 6.07) is 21.8. The molecule has 0 atom stereocenters. The number of nitrogens with zero attached hydrogens (tertiary/aromatic N) is 4. The van der Waals surface area contributed by atoms with Gasteiger partial charge in [-0.2, -0.15) is 9.78 Å². The van der Waals surface area contributed by atoms with Crippen molar-refractivity contribution in [2.24, 2.45) is 5.10 Å². The number of ether oxygens (including phenoxy) is 2. The van der Waals surface area contributed by atoms with Crippen molar-refractivity contribution < 1.29 is 19.1 Å². The number of carbonyl (C=O) groups is 2. The van der Waals surface area contributed by atoms with Crippen molar-refractivity contribution >= 4 is 46.1 Å². The van der Waals surface area contributed by atoms with Crippen molar-refractivity contribution in [3.8, 4) is 5.75 Å². The van der Waals surface area contributed by atoms with E-state index in [0.29, 0.717) is 46.3 Å². The van der Waals surface area contributed by atoms with Gasteiger partial charge in [-0.1, -0.05) is 36.4 Å². The molecule has 0 aliphatic heterocycles. The molecule has 5 aromatic rings. The quantitative estimate of drug-likeness (QED) is 0.234. The summed E-state index contributed by atoms with van der Waals surface area (Å²) in [7, 11) is 2.95. The molecule has 3 N–H and O–H groups in total. The van der Waals surface area contributed by atoms with Gasteiger partial charge in [-0.3, -0.25) is 4.79 Å². The fourth-order valence-corrected chi connectivity index (χ4v) is 4.14. The number of methoxy groups -OCH3 is 2. The molecule has 3 aromatic carbocycles. The standard InChI is InChI=1S/C29H26N6O4/c1-38-21-13-9-18(10-14-21)15-16-31-28(36)24-25-27(34-23-6-4-3-5-22(23)33-25)35(26(24)30)32-17-19-7-11-20(12-8-19)29(37)39-2/h3-14,17H,15-16,30H2,1-2H3,(H,31,36). The number of benzene rings is 3. The number of nitrogens with one attached hydrogen (secondary N) is 1. The first kappa shape index (κ1) is 25.4. The minimum Gasteiger partial charge on any atom is -0.497 e. The maximum Gasteiger partial charge on any atom is 0.337 e. The lowest BCUT2D eigenvalue weighted by Gasteiger charge is -2.06. The van der Waals surface area contributed by atoms with Gasteiger partial charge in [0, 0.05) is 6.54 Å². The zero-order valence-corrected chi connectivity index (χ0v) is 21.4. The molecular formula is C29H26N6O4. The molecule has 1 amide bonds. The Morgan fingerprint density at radius 1 is 0.974 bits per heavy atom. The number of fused-ring (bicyclic) bond motifs is 2. The monoisotopic (exact) mass is 522 g/mol. The Labute approximate surface area is 224 Å². The van der Waals surface area contributed by atoms with Crippen molar-refractivity contribution in [2.45, 2.75) is 6.42 Å². The van der Waals surface area contributed by atoms with Crippen LogP contribution in [0.4, 0.5) is 5.82 Å². The van der Waals surface area contributed by atoms with E-state index in [9.17, 15) is 9.59 Å². The molecule has 0 spiro atoms. The average Bonchev–Trinajstić information content (AvgIpc) is 3.24. The van der Waals surface area contributed by atoms with Crippen LogP contribution in [0.3, 0.4) is 0 Å². The molecule has 39 heavy (non-hydrogen) atoms. The Balaban J connectivity index is 1.46. The number of nitrogens with two attached hydrogens (primary N) is 1. The van der Waals surface area contributed by atoms with Crippen LogP contribution in [0.15, 0.2) is 77.9 Å². The lowest BCUT2D eigenvalue weighted by atomic mass is 10.1. The Morgan fingerprint density at radius 3 is 2.33 bits per heavy atom. The van der Waals surface area contributed by atoms with Gasteiger partial charge < -0.3 is 20.5 Å². The second-order valence-corrected chi connectivity index (χ2v) is 8.67. The van der Waals surface area contributed by atoms with Crippen LogP contribution in [0.5, 0.6) is 5.75 Å². The second-order valence-electron chi connectivity index (χ2n) is 8.67. The minimum absolute atomic E-state index is 0.115. The molecule has 2 aromatic heterocycles. The molecule has 0 fully saturated rings. The van der Waals surface area contributed by atoms with E-state index >= 15 is 0 Å². The van der Waals surface area contributed by atoms with Gasteiger partial charge in [-0.05, 0) is 53.9 Å². The van der Waals surface area contributed by atoms with Crippen molar-refractivity contribution in [1.29, 1.82) is 0 Å². The van der Waals surface area contributed by atoms with Gasteiger partial charge in [0.05, 0.1) is 37.0 Å². The molecule has 0 saturated heterocycles. The van der Waals surface area contributed by atoms with E-state index < -0.39 is 5.97 Å². The maximum absolute atomic E-state index is 13.3. The molecule has 5 rings (SSSR count). The molecule has 0 saturated carbocycles. The molecule has 0 aliphatic carbocycles. The molecule has 2 heterocycles. The van der Waals surface area contributed by atoms with Gasteiger partial charge in [0.2, 0.25) is 0 Å². The number of amides is 1. The summed E-state index contributed by atoms with van der Waals surface area (Å²) in [4.78, 5) is 34.4. The number of para-hydroxylation sites is 2. The smallest absolute Gasteiger partial charge is 0.337 e. The molecule has 0 bridgehead atoms. The minimum atomic E-state index is -0.427. The van der Waals surface area contributed by atoms with Crippen LogP contribution in [0.1, 0.15) is 31.8 Å². The molecule has 196 valence electrons. The molecule has 0 aliphatic rings. The van der Waals surface area contributed by atoms with Crippen molar-refractivity contribution in [2.75, 3.05) is 26.5 Å². The number of rotatable bonds is 8. The van der Waals surface area contributed by atoms with E-state index in [-0.39, 0.29) is 17.3 Å². The van der Waals surface area contributed by atoms with Crippen LogP contribution < -0.4 is 15.8 Å². The maximum atomic E-state index is 13.3.